The van der Waals surface area contributed by atoms with Gasteiger partial charge in [-0.1, -0.05) is 54.1 Å². The van der Waals surface area contributed by atoms with Crippen LogP contribution in [0.15, 0.2) is 87.9 Å². The van der Waals surface area contributed by atoms with Gasteiger partial charge in [0.25, 0.3) is 0 Å². The van der Waals surface area contributed by atoms with Crippen LogP contribution >= 0.6 is 0 Å². The zero-order chi connectivity index (χ0) is 19.8. The molecule has 0 spiro atoms. The zero-order valence-electron chi connectivity index (χ0n) is 17.3. The van der Waals surface area contributed by atoms with Gasteiger partial charge in [0.05, 0.1) is 13.2 Å². The molecular weight excluding hydrogens is 358 g/mol. The summed E-state index contributed by atoms with van der Waals surface area (Å²) in [4.78, 5) is 0. The Morgan fingerprint density at radius 3 is 2.69 bits per heavy atom. The topological polar surface area (TPSA) is 30.5 Å². The van der Waals surface area contributed by atoms with Crippen molar-refractivity contribution in [2.75, 3.05) is 20.8 Å². The number of dihydropyridines is 1. The van der Waals surface area contributed by atoms with E-state index in [9.17, 15) is 0 Å². The average Bonchev–Trinajstić information content (AvgIpc) is 2.93. The van der Waals surface area contributed by atoms with E-state index in [2.05, 4.69) is 53.9 Å². The van der Waals surface area contributed by atoms with Crippen LogP contribution in [0.2, 0.25) is 0 Å². The molecule has 0 radical (unpaired) electrons. The summed E-state index contributed by atoms with van der Waals surface area (Å²) in [6.45, 7) is 0.862. The third-order valence-corrected chi connectivity index (χ3v) is 6.72. The molecule has 1 N–H and O–H groups in total. The lowest BCUT2D eigenvalue weighted by Gasteiger charge is -2.37. The molecule has 2 unspecified atom stereocenters. The fraction of sp³-hybridized carbons (Fsp3) is 0.385. The van der Waals surface area contributed by atoms with Gasteiger partial charge in [0.2, 0.25) is 0 Å². The molecule has 3 aliphatic carbocycles. The molecule has 1 heterocycles. The Balaban J connectivity index is 1.58. The smallest absolute Gasteiger partial charge is 0.195 e. The molecule has 3 nitrogen and oxygen atoms in total. The van der Waals surface area contributed by atoms with Crippen molar-refractivity contribution in [1.82, 2.24) is 5.32 Å². The van der Waals surface area contributed by atoms with Crippen LogP contribution in [0.1, 0.15) is 31.2 Å². The van der Waals surface area contributed by atoms with E-state index in [4.69, 9.17) is 9.47 Å². The zero-order valence-corrected chi connectivity index (χ0v) is 17.3. The lowest BCUT2D eigenvalue weighted by molar-refractivity contribution is 0.0999. The van der Waals surface area contributed by atoms with Gasteiger partial charge in [-0.25, -0.2) is 0 Å². The van der Waals surface area contributed by atoms with E-state index in [1.165, 1.54) is 39.0 Å². The minimum atomic E-state index is 0.111. The molecule has 0 saturated heterocycles. The molecule has 4 aliphatic rings. The van der Waals surface area contributed by atoms with E-state index in [-0.39, 0.29) is 6.10 Å². The van der Waals surface area contributed by atoms with Crippen molar-refractivity contribution in [3.05, 3.63) is 93.4 Å². The van der Waals surface area contributed by atoms with Gasteiger partial charge >= 0.3 is 0 Å². The van der Waals surface area contributed by atoms with Crippen LogP contribution in [-0.2, 0) is 15.9 Å². The summed E-state index contributed by atoms with van der Waals surface area (Å²) in [5.74, 6) is 1.51. The number of benzene rings is 1. The summed E-state index contributed by atoms with van der Waals surface area (Å²) in [5, 5.41) is 3.53. The van der Waals surface area contributed by atoms with Crippen LogP contribution in [0.5, 0.6) is 0 Å². The van der Waals surface area contributed by atoms with Crippen LogP contribution in [0.3, 0.4) is 0 Å². The number of ether oxygens (including phenoxy) is 2. The second-order valence-corrected chi connectivity index (χ2v) is 8.45. The van der Waals surface area contributed by atoms with Crippen molar-refractivity contribution >= 4 is 0 Å². The van der Waals surface area contributed by atoms with Gasteiger partial charge < -0.3 is 14.8 Å². The fourth-order valence-electron chi connectivity index (χ4n) is 5.46. The third kappa shape index (κ3) is 3.28. The maximum Gasteiger partial charge on any atom is 0.195 e. The van der Waals surface area contributed by atoms with Crippen molar-refractivity contribution in [1.29, 1.82) is 0 Å². The second-order valence-electron chi connectivity index (χ2n) is 8.45. The minimum Gasteiger partial charge on any atom is -0.482 e. The Kier molecular flexibility index (Phi) is 4.92. The summed E-state index contributed by atoms with van der Waals surface area (Å²) in [6, 6.07) is 10.9. The molecule has 1 aliphatic heterocycles. The Hall–Kier alpha value is -2.52. The first kappa shape index (κ1) is 18.5. The Morgan fingerprint density at radius 1 is 1.03 bits per heavy atom. The lowest BCUT2D eigenvalue weighted by Crippen LogP contribution is -2.33. The molecule has 150 valence electrons. The number of methoxy groups -OCH3 is 2. The van der Waals surface area contributed by atoms with Gasteiger partial charge in [-0.15, -0.1) is 0 Å². The molecule has 3 heteroatoms. The standard InChI is InChI=1S/C26H29NO2/c1-28-22-15-18(13-17-7-4-3-5-8-17)14-20-12-11-19-9-6-10-21-16-27-26(29-2)25(23(19)21)24(20)22/h3-9,11,18,22,27H,10,12-16H2,1-2H3. The van der Waals surface area contributed by atoms with E-state index in [1.54, 1.807) is 7.11 Å². The largest absolute Gasteiger partial charge is 0.482 e. The maximum atomic E-state index is 6.11. The lowest BCUT2D eigenvalue weighted by atomic mass is 9.74. The Labute approximate surface area is 173 Å². The third-order valence-electron chi connectivity index (χ3n) is 6.72. The van der Waals surface area contributed by atoms with Crippen molar-refractivity contribution in [3.8, 4) is 0 Å². The minimum absolute atomic E-state index is 0.111. The van der Waals surface area contributed by atoms with Crippen molar-refractivity contribution < 1.29 is 9.47 Å². The van der Waals surface area contributed by atoms with E-state index >= 15 is 0 Å². The van der Waals surface area contributed by atoms with E-state index < -0.39 is 0 Å². The monoisotopic (exact) mass is 387 g/mol. The van der Waals surface area contributed by atoms with Gasteiger partial charge in [0, 0.05) is 19.2 Å². The first-order valence-electron chi connectivity index (χ1n) is 10.7. The van der Waals surface area contributed by atoms with E-state index in [1.807, 2.05) is 7.11 Å². The van der Waals surface area contributed by atoms with Gasteiger partial charge in [-0.3, -0.25) is 0 Å². The Bertz CT molecular complexity index is 962. The van der Waals surface area contributed by atoms with Crippen molar-refractivity contribution in [2.24, 2.45) is 5.92 Å². The van der Waals surface area contributed by atoms with E-state index in [0.717, 1.165) is 44.5 Å². The predicted molar refractivity (Wildman–Crippen MR) is 116 cm³/mol. The fourth-order valence-corrected chi connectivity index (χ4v) is 5.46. The van der Waals surface area contributed by atoms with Crippen molar-refractivity contribution in [2.45, 2.75) is 38.2 Å². The van der Waals surface area contributed by atoms with E-state index in [0.29, 0.717) is 5.92 Å². The molecule has 2 atom stereocenters. The molecule has 0 amide bonds. The molecule has 0 fully saturated rings. The highest BCUT2D eigenvalue weighted by Crippen LogP contribution is 2.47. The molecule has 29 heavy (non-hydrogen) atoms. The summed E-state index contributed by atoms with van der Waals surface area (Å²) in [7, 11) is 3.63. The number of nitrogens with one attached hydrogen (secondary N) is 1. The number of hydrogen-bond acceptors (Lipinski definition) is 3. The van der Waals surface area contributed by atoms with Crippen molar-refractivity contribution in [3.63, 3.8) is 0 Å². The molecule has 1 aromatic carbocycles. The van der Waals surface area contributed by atoms with Gasteiger partial charge in [0.1, 0.15) is 0 Å². The van der Waals surface area contributed by atoms with Crippen LogP contribution in [0.4, 0.5) is 0 Å². The molecule has 5 rings (SSSR count). The van der Waals surface area contributed by atoms with Crippen LogP contribution in [0, 0.1) is 5.92 Å². The normalized spacial score (nSPS) is 25.8. The number of rotatable bonds is 4. The van der Waals surface area contributed by atoms with Gasteiger partial charge in [0.15, 0.2) is 5.88 Å². The number of hydrogen-bond donors (Lipinski definition) is 1. The highest BCUT2D eigenvalue weighted by atomic mass is 16.5. The summed E-state index contributed by atoms with van der Waals surface area (Å²) in [6.07, 6.45) is 12.4. The SMILES string of the molecule is COC1=C2C3=C(CC=CC3=CCC3=C2C(OC)CC(Cc2ccccc2)C3)CN1. The molecule has 0 saturated carbocycles. The Morgan fingerprint density at radius 2 is 1.90 bits per heavy atom. The highest BCUT2D eigenvalue weighted by Gasteiger charge is 2.38. The van der Waals surface area contributed by atoms with Gasteiger partial charge in [-0.2, -0.15) is 0 Å². The molecule has 0 bridgehead atoms. The quantitative estimate of drug-likeness (QED) is 0.789. The molecule has 1 aromatic rings. The summed E-state index contributed by atoms with van der Waals surface area (Å²) >= 11 is 0. The summed E-state index contributed by atoms with van der Waals surface area (Å²) in [5.41, 5.74) is 9.75. The van der Waals surface area contributed by atoms with Crippen LogP contribution in [0.25, 0.3) is 0 Å². The second kappa shape index (κ2) is 7.72. The predicted octanol–water partition coefficient (Wildman–Crippen LogP) is 5.00. The van der Waals surface area contributed by atoms with Gasteiger partial charge in [-0.05, 0) is 65.9 Å². The first-order chi connectivity index (χ1) is 14.3. The average molecular weight is 388 g/mol. The maximum absolute atomic E-state index is 6.11. The highest BCUT2D eigenvalue weighted by molar-refractivity contribution is 5.68. The molecular formula is C26H29NO2. The number of allylic oxidation sites excluding steroid dienone is 6. The first-order valence-corrected chi connectivity index (χ1v) is 10.7. The van der Waals surface area contributed by atoms with Crippen LogP contribution in [-0.4, -0.2) is 26.9 Å². The summed E-state index contributed by atoms with van der Waals surface area (Å²) < 4.78 is 11.9. The molecule has 0 aromatic heterocycles. The van der Waals surface area contributed by atoms with Crippen LogP contribution < -0.4 is 5.32 Å². The number of fused-ring (bicyclic) bond motifs is 1.